The van der Waals surface area contributed by atoms with Crippen LogP contribution in [0.4, 0.5) is 13.2 Å². The Hall–Kier alpha value is -2.25. The largest absolute Gasteiger partial charge is 0.416 e. The molecule has 0 spiro atoms. The van der Waals surface area contributed by atoms with Crippen LogP contribution in [0.15, 0.2) is 29.3 Å². The molecule has 5 nitrogen and oxygen atoms in total. The van der Waals surface area contributed by atoms with Gasteiger partial charge in [0.05, 0.1) is 18.7 Å². The molecule has 0 radical (unpaired) electrons. The van der Waals surface area contributed by atoms with Gasteiger partial charge in [0.2, 0.25) is 0 Å². The highest BCUT2D eigenvalue weighted by Gasteiger charge is 2.29. The standard InChI is InChI=1S/C11H14F3N5/c12-11(13,14)8-3-1-7(2-4-8)5-18-10(17)19-6-9(15)16/h1-4H,5-6H2,(H3,15,16)(H3,17,18,19). The Morgan fingerprint density at radius 1 is 1.21 bits per heavy atom. The lowest BCUT2D eigenvalue weighted by Crippen LogP contribution is -2.37. The lowest BCUT2D eigenvalue weighted by Gasteiger charge is -2.07. The van der Waals surface area contributed by atoms with Crippen molar-refractivity contribution < 1.29 is 13.2 Å². The van der Waals surface area contributed by atoms with Gasteiger partial charge in [-0.25, -0.2) is 4.99 Å². The van der Waals surface area contributed by atoms with Gasteiger partial charge >= 0.3 is 6.18 Å². The molecule has 0 atom stereocenters. The Morgan fingerprint density at radius 2 is 1.79 bits per heavy atom. The van der Waals surface area contributed by atoms with E-state index in [4.69, 9.17) is 16.9 Å². The number of benzene rings is 1. The number of hydrogen-bond donors (Lipinski definition) is 4. The van der Waals surface area contributed by atoms with Gasteiger partial charge in [-0.2, -0.15) is 13.2 Å². The third kappa shape index (κ3) is 5.28. The smallest absolute Gasteiger partial charge is 0.386 e. The zero-order valence-electron chi connectivity index (χ0n) is 9.96. The number of alkyl halides is 3. The SMILES string of the molecule is N=C(N)CNC(N)=NCc1ccc(C(F)(F)F)cc1. The van der Waals surface area contributed by atoms with Crippen molar-refractivity contribution in [2.45, 2.75) is 12.7 Å². The van der Waals surface area contributed by atoms with E-state index in [0.29, 0.717) is 5.56 Å². The molecule has 0 unspecified atom stereocenters. The molecular formula is C11H14F3N5. The number of halogens is 3. The molecule has 0 fully saturated rings. The second kappa shape index (κ2) is 6.07. The van der Waals surface area contributed by atoms with Gasteiger partial charge in [0.1, 0.15) is 5.84 Å². The first-order valence-corrected chi connectivity index (χ1v) is 5.32. The first kappa shape index (κ1) is 14.8. The van der Waals surface area contributed by atoms with Crippen LogP contribution in [-0.4, -0.2) is 18.3 Å². The monoisotopic (exact) mass is 273 g/mol. The summed E-state index contributed by atoms with van der Waals surface area (Å²) in [6.45, 7) is 0.219. The Bertz CT molecular complexity index is 464. The zero-order chi connectivity index (χ0) is 14.5. The molecule has 0 amide bonds. The lowest BCUT2D eigenvalue weighted by molar-refractivity contribution is -0.137. The fourth-order valence-electron chi connectivity index (χ4n) is 1.22. The van der Waals surface area contributed by atoms with Crippen molar-refractivity contribution in [3.8, 4) is 0 Å². The summed E-state index contributed by atoms with van der Waals surface area (Å²) in [6, 6.07) is 4.66. The van der Waals surface area contributed by atoms with Crippen LogP contribution in [0, 0.1) is 5.41 Å². The third-order valence-corrected chi connectivity index (χ3v) is 2.17. The summed E-state index contributed by atoms with van der Waals surface area (Å²) >= 11 is 0. The maximum atomic E-state index is 12.3. The van der Waals surface area contributed by atoms with Crippen molar-refractivity contribution in [3.05, 3.63) is 35.4 Å². The van der Waals surface area contributed by atoms with Crippen LogP contribution in [0.1, 0.15) is 11.1 Å². The molecule has 0 saturated carbocycles. The Kier molecular flexibility index (Phi) is 4.74. The first-order chi connectivity index (χ1) is 8.79. The second-order valence-electron chi connectivity index (χ2n) is 3.77. The van der Waals surface area contributed by atoms with Crippen LogP contribution in [0.3, 0.4) is 0 Å². The highest BCUT2D eigenvalue weighted by atomic mass is 19.4. The molecule has 1 rings (SSSR count). The minimum atomic E-state index is -4.34. The molecule has 0 aromatic heterocycles. The van der Waals surface area contributed by atoms with Crippen LogP contribution in [0.5, 0.6) is 0 Å². The number of nitrogens with zero attached hydrogens (tertiary/aromatic N) is 1. The van der Waals surface area contributed by atoms with Crippen molar-refractivity contribution in [2.24, 2.45) is 16.5 Å². The molecule has 8 heteroatoms. The second-order valence-corrected chi connectivity index (χ2v) is 3.77. The maximum Gasteiger partial charge on any atom is 0.416 e. The molecule has 1 aromatic carbocycles. The van der Waals surface area contributed by atoms with Crippen molar-refractivity contribution in [3.63, 3.8) is 0 Å². The van der Waals surface area contributed by atoms with E-state index in [0.717, 1.165) is 12.1 Å². The number of guanidine groups is 1. The zero-order valence-corrected chi connectivity index (χ0v) is 9.96. The van der Waals surface area contributed by atoms with Gasteiger partial charge < -0.3 is 16.8 Å². The van der Waals surface area contributed by atoms with Crippen LogP contribution in [0.2, 0.25) is 0 Å². The summed E-state index contributed by atoms with van der Waals surface area (Å²) in [7, 11) is 0. The van der Waals surface area contributed by atoms with Gasteiger partial charge in [0.15, 0.2) is 5.96 Å². The average Bonchev–Trinajstić information content (AvgIpc) is 2.33. The molecule has 0 bridgehead atoms. The predicted octanol–water partition coefficient (Wildman–Crippen LogP) is 1.05. The summed E-state index contributed by atoms with van der Waals surface area (Å²) in [5.41, 5.74) is 10.5. The van der Waals surface area contributed by atoms with Gasteiger partial charge in [-0.3, -0.25) is 5.41 Å². The fourth-order valence-corrected chi connectivity index (χ4v) is 1.22. The third-order valence-electron chi connectivity index (χ3n) is 2.17. The molecule has 6 N–H and O–H groups in total. The quantitative estimate of drug-likeness (QED) is 0.487. The highest BCUT2D eigenvalue weighted by molar-refractivity contribution is 5.85. The molecule has 0 aliphatic heterocycles. The summed E-state index contributed by atoms with van der Waals surface area (Å²) in [6.07, 6.45) is -4.34. The summed E-state index contributed by atoms with van der Waals surface area (Å²) in [5, 5.41) is 9.55. The summed E-state index contributed by atoms with van der Waals surface area (Å²) in [4.78, 5) is 3.91. The number of amidine groups is 1. The molecule has 0 saturated heterocycles. The van der Waals surface area contributed by atoms with E-state index in [2.05, 4.69) is 10.3 Å². The van der Waals surface area contributed by atoms with Gasteiger partial charge in [-0.05, 0) is 17.7 Å². The van der Waals surface area contributed by atoms with E-state index in [1.54, 1.807) is 0 Å². The van der Waals surface area contributed by atoms with Crippen molar-refractivity contribution in [2.75, 3.05) is 6.54 Å². The van der Waals surface area contributed by atoms with Crippen molar-refractivity contribution in [1.82, 2.24) is 5.32 Å². The van der Waals surface area contributed by atoms with E-state index in [1.165, 1.54) is 12.1 Å². The molecule has 0 aliphatic rings. The Balaban J connectivity index is 2.59. The van der Waals surface area contributed by atoms with Gasteiger partial charge in [-0.1, -0.05) is 12.1 Å². The summed E-state index contributed by atoms with van der Waals surface area (Å²) < 4.78 is 37.0. The van der Waals surface area contributed by atoms with E-state index >= 15 is 0 Å². The fraction of sp³-hybridized carbons (Fsp3) is 0.273. The lowest BCUT2D eigenvalue weighted by atomic mass is 10.1. The van der Waals surface area contributed by atoms with Gasteiger partial charge in [0, 0.05) is 0 Å². The molecule has 0 aliphatic carbocycles. The molecular weight excluding hydrogens is 259 g/mol. The average molecular weight is 273 g/mol. The molecule has 104 valence electrons. The maximum absolute atomic E-state index is 12.3. The molecule has 0 heterocycles. The van der Waals surface area contributed by atoms with E-state index in [-0.39, 0.29) is 24.9 Å². The normalized spacial score (nSPS) is 12.3. The molecule has 19 heavy (non-hydrogen) atoms. The van der Waals surface area contributed by atoms with Crippen molar-refractivity contribution >= 4 is 11.8 Å². The first-order valence-electron chi connectivity index (χ1n) is 5.32. The minimum absolute atomic E-state index is 0.0718. The molecule has 1 aromatic rings. The Morgan fingerprint density at radius 3 is 2.26 bits per heavy atom. The minimum Gasteiger partial charge on any atom is -0.386 e. The topological polar surface area (TPSA) is 100 Å². The highest BCUT2D eigenvalue weighted by Crippen LogP contribution is 2.29. The van der Waals surface area contributed by atoms with E-state index in [9.17, 15) is 13.2 Å². The van der Waals surface area contributed by atoms with Crippen LogP contribution in [0.25, 0.3) is 0 Å². The van der Waals surface area contributed by atoms with Crippen LogP contribution in [-0.2, 0) is 12.7 Å². The Labute approximate surface area is 108 Å². The van der Waals surface area contributed by atoms with Gasteiger partial charge in [-0.15, -0.1) is 0 Å². The van der Waals surface area contributed by atoms with Crippen molar-refractivity contribution in [1.29, 1.82) is 5.41 Å². The predicted molar refractivity (Wildman–Crippen MR) is 66.7 cm³/mol. The van der Waals surface area contributed by atoms with Gasteiger partial charge in [0.25, 0.3) is 0 Å². The summed E-state index contributed by atoms with van der Waals surface area (Å²) in [5.74, 6) is -0.0113. The van der Waals surface area contributed by atoms with Crippen LogP contribution < -0.4 is 16.8 Å². The van der Waals surface area contributed by atoms with Crippen LogP contribution >= 0.6 is 0 Å². The number of aliphatic imine (C=N–C) groups is 1. The van der Waals surface area contributed by atoms with E-state index < -0.39 is 11.7 Å². The number of rotatable bonds is 4. The number of nitrogens with one attached hydrogen (secondary N) is 2. The van der Waals surface area contributed by atoms with E-state index in [1.807, 2.05) is 0 Å². The number of nitrogens with two attached hydrogens (primary N) is 2. The number of hydrogen-bond acceptors (Lipinski definition) is 2.